The van der Waals surface area contributed by atoms with Crippen molar-refractivity contribution in [1.29, 1.82) is 5.26 Å². The molecule has 23 heavy (non-hydrogen) atoms. The molecule has 120 valence electrons. The first kappa shape index (κ1) is 17.7. The summed E-state index contributed by atoms with van der Waals surface area (Å²) in [7, 11) is 1.29. The molecule has 0 aromatic heterocycles. The zero-order valence-corrected chi connectivity index (χ0v) is 12.3. The van der Waals surface area contributed by atoms with Crippen molar-refractivity contribution in [3.63, 3.8) is 0 Å². The molecule has 1 rings (SSSR count). The fourth-order valence-corrected chi connectivity index (χ4v) is 1.55. The lowest BCUT2D eigenvalue weighted by molar-refractivity contribution is -0.137. The minimum absolute atomic E-state index is 0.238. The molecule has 0 atom stereocenters. The van der Waals surface area contributed by atoms with Gasteiger partial charge >= 0.3 is 11.9 Å². The number of amides is 1. The van der Waals surface area contributed by atoms with Gasteiger partial charge in [0.1, 0.15) is 18.2 Å². The van der Waals surface area contributed by atoms with Crippen molar-refractivity contribution < 1.29 is 24.2 Å². The second kappa shape index (κ2) is 8.84. The van der Waals surface area contributed by atoms with Crippen LogP contribution in [0.15, 0.2) is 36.0 Å². The quantitative estimate of drug-likeness (QED) is 0.371. The fraction of sp³-hybridized carbons (Fsp3) is 0.200. The van der Waals surface area contributed by atoms with Gasteiger partial charge in [0.25, 0.3) is 5.91 Å². The monoisotopic (exact) mass is 317 g/mol. The molecule has 0 spiro atoms. The fourth-order valence-electron chi connectivity index (χ4n) is 1.55. The summed E-state index contributed by atoms with van der Waals surface area (Å²) in [6.07, 6.45) is 1.20. The average Bonchev–Trinajstić information content (AvgIpc) is 2.56. The van der Waals surface area contributed by atoms with E-state index in [1.165, 1.54) is 13.3 Å². The molecular weight excluding hydrogens is 302 g/mol. The smallest absolute Gasteiger partial charge is 0.337 e. The predicted molar refractivity (Wildman–Crippen MR) is 79.0 cm³/mol. The second-order valence-electron chi connectivity index (χ2n) is 4.32. The van der Waals surface area contributed by atoms with Crippen LogP contribution in [0.3, 0.4) is 0 Å². The van der Waals surface area contributed by atoms with Crippen LogP contribution in [0.1, 0.15) is 15.9 Å². The molecule has 0 aliphatic heterocycles. The summed E-state index contributed by atoms with van der Waals surface area (Å²) in [4.78, 5) is 33.1. The topological polar surface area (TPSA) is 129 Å². The molecule has 0 heterocycles. The summed E-state index contributed by atoms with van der Waals surface area (Å²) in [5, 5.41) is 22.2. The van der Waals surface area contributed by atoms with Gasteiger partial charge in [-0.25, -0.2) is 4.79 Å². The Labute approximate surface area is 132 Å². The van der Waals surface area contributed by atoms with E-state index in [9.17, 15) is 14.4 Å². The van der Waals surface area contributed by atoms with E-state index >= 15 is 0 Å². The van der Waals surface area contributed by atoms with E-state index in [1.54, 1.807) is 30.3 Å². The van der Waals surface area contributed by atoms with E-state index in [0.717, 1.165) is 5.56 Å². The number of carboxylic acid groups (broad SMARTS) is 1. The number of nitrogens with zero attached hydrogens (tertiary/aromatic N) is 1. The van der Waals surface area contributed by atoms with E-state index in [2.05, 4.69) is 15.4 Å². The number of benzene rings is 1. The van der Waals surface area contributed by atoms with Crippen LogP contribution in [0.25, 0.3) is 0 Å². The summed E-state index contributed by atoms with van der Waals surface area (Å²) in [6, 6.07) is 8.26. The maximum absolute atomic E-state index is 11.5. The van der Waals surface area contributed by atoms with Gasteiger partial charge in [-0.2, -0.15) is 5.26 Å². The highest BCUT2D eigenvalue weighted by molar-refractivity contribution is 5.98. The Morgan fingerprint density at radius 1 is 1.30 bits per heavy atom. The Hall–Kier alpha value is -3.34. The summed E-state index contributed by atoms with van der Waals surface area (Å²) in [5.41, 5.74) is 0.993. The Bertz CT molecular complexity index is 659. The van der Waals surface area contributed by atoms with Gasteiger partial charge in [0.05, 0.1) is 12.7 Å². The number of carbonyl (C=O) groups excluding carboxylic acids is 2. The lowest BCUT2D eigenvalue weighted by atomic mass is 10.1. The third kappa shape index (κ3) is 5.89. The van der Waals surface area contributed by atoms with Gasteiger partial charge in [-0.3, -0.25) is 9.59 Å². The molecule has 0 aliphatic rings. The molecule has 0 saturated carbocycles. The number of carbonyl (C=O) groups is 3. The summed E-state index contributed by atoms with van der Waals surface area (Å²) in [6.45, 7) is -0.244. The minimum Gasteiger partial charge on any atom is -0.480 e. The first-order chi connectivity index (χ1) is 11.0. The van der Waals surface area contributed by atoms with Crippen molar-refractivity contribution in [2.45, 2.75) is 6.54 Å². The van der Waals surface area contributed by atoms with Crippen LogP contribution in [0.4, 0.5) is 0 Å². The maximum atomic E-state index is 11.5. The van der Waals surface area contributed by atoms with Gasteiger partial charge in [-0.05, 0) is 17.7 Å². The highest BCUT2D eigenvalue weighted by atomic mass is 16.5. The Morgan fingerprint density at radius 3 is 2.48 bits per heavy atom. The Morgan fingerprint density at radius 2 is 1.96 bits per heavy atom. The molecule has 1 aromatic rings. The number of hydrogen-bond acceptors (Lipinski definition) is 6. The van der Waals surface area contributed by atoms with Crippen LogP contribution in [0.2, 0.25) is 0 Å². The number of nitrogens with one attached hydrogen (secondary N) is 2. The molecule has 0 saturated heterocycles. The number of rotatable bonds is 7. The molecular formula is C15H15N3O5. The van der Waals surface area contributed by atoms with Crippen LogP contribution in [-0.4, -0.2) is 36.6 Å². The van der Waals surface area contributed by atoms with E-state index in [0.29, 0.717) is 12.1 Å². The number of carboxylic acids is 1. The molecule has 0 unspecified atom stereocenters. The molecule has 3 N–H and O–H groups in total. The number of nitriles is 1. The van der Waals surface area contributed by atoms with Crippen LogP contribution < -0.4 is 10.6 Å². The molecule has 0 radical (unpaired) electrons. The van der Waals surface area contributed by atoms with Crippen molar-refractivity contribution in [2.75, 3.05) is 13.7 Å². The zero-order chi connectivity index (χ0) is 17.2. The predicted octanol–water partition coefficient (Wildman–Crippen LogP) is 0.171. The first-order valence-electron chi connectivity index (χ1n) is 6.48. The van der Waals surface area contributed by atoms with Crippen molar-refractivity contribution in [2.24, 2.45) is 0 Å². The molecule has 1 aromatic carbocycles. The zero-order valence-electron chi connectivity index (χ0n) is 12.3. The number of esters is 1. The van der Waals surface area contributed by atoms with E-state index in [4.69, 9.17) is 10.4 Å². The number of ether oxygens (including phenoxy) is 1. The van der Waals surface area contributed by atoms with Gasteiger partial charge in [-0.1, -0.05) is 12.1 Å². The van der Waals surface area contributed by atoms with Crippen molar-refractivity contribution in [1.82, 2.24) is 10.6 Å². The largest absolute Gasteiger partial charge is 0.480 e. The number of aliphatic carboxylic acids is 1. The molecule has 0 aliphatic carbocycles. The highest BCUT2D eigenvalue weighted by Gasteiger charge is 2.09. The minimum atomic E-state index is -1.20. The van der Waals surface area contributed by atoms with Gasteiger partial charge in [0.2, 0.25) is 0 Å². The highest BCUT2D eigenvalue weighted by Crippen LogP contribution is 2.05. The number of hydrogen-bond donors (Lipinski definition) is 3. The van der Waals surface area contributed by atoms with Gasteiger partial charge in [-0.15, -0.1) is 0 Å². The third-order valence-electron chi connectivity index (χ3n) is 2.69. The maximum Gasteiger partial charge on any atom is 0.337 e. The second-order valence-corrected chi connectivity index (χ2v) is 4.32. The van der Waals surface area contributed by atoms with Crippen LogP contribution in [0, 0.1) is 11.3 Å². The third-order valence-corrected chi connectivity index (χ3v) is 2.69. The number of methoxy groups -OCH3 is 1. The van der Waals surface area contributed by atoms with Crippen molar-refractivity contribution in [3.8, 4) is 6.07 Å². The molecule has 0 fully saturated rings. The van der Waals surface area contributed by atoms with Crippen LogP contribution >= 0.6 is 0 Å². The normalized spacial score (nSPS) is 10.3. The lowest BCUT2D eigenvalue weighted by Gasteiger charge is -2.05. The lowest BCUT2D eigenvalue weighted by Crippen LogP contribution is -2.30. The molecule has 8 heteroatoms. The summed E-state index contributed by atoms with van der Waals surface area (Å²) in [5.74, 6) is -2.41. The Balaban J connectivity index is 2.59. The molecule has 8 nitrogen and oxygen atoms in total. The van der Waals surface area contributed by atoms with E-state index in [-0.39, 0.29) is 5.57 Å². The van der Waals surface area contributed by atoms with Gasteiger partial charge < -0.3 is 20.5 Å². The van der Waals surface area contributed by atoms with Gasteiger partial charge in [0.15, 0.2) is 0 Å². The molecule has 0 bridgehead atoms. The average molecular weight is 317 g/mol. The SMILES string of the molecule is COC(=O)c1ccc(CN/C=C(/C#N)C(=O)NCC(=O)O)cc1. The van der Waals surface area contributed by atoms with Crippen molar-refractivity contribution in [3.05, 3.63) is 47.2 Å². The van der Waals surface area contributed by atoms with E-state index < -0.39 is 24.4 Å². The summed E-state index contributed by atoms with van der Waals surface area (Å²) >= 11 is 0. The van der Waals surface area contributed by atoms with E-state index in [1.807, 2.05) is 0 Å². The standard InChI is InChI=1S/C15H15N3O5/c1-23-15(22)11-4-2-10(3-5-11)7-17-8-12(6-16)14(21)18-9-13(19)20/h2-5,8,17H,7,9H2,1H3,(H,18,21)(H,19,20)/b12-8-. The van der Waals surface area contributed by atoms with Crippen LogP contribution in [-0.2, 0) is 20.9 Å². The van der Waals surface area contributed by atoms with Crippen molar-refractivity contribution >= 4 is 17.8 Å². The first-order valence-corrected chi connectivity index (χ1v) is 6.48. The Kier molecular flexibility index (Phi) is 6.81. The summed E-state index contributed by atoms with van der Waals surface area (Å²) < 4.78 is 4.58. The van der Waals surface area contributed by atoms with Gasteiger partial charge in [0, 0.05) is 12.7 Å². The molecule has 1 amide bonds. The van der Waals surface area contributed by atoms with Crippen LogP contribution in [0.5, 0.6) is 0 Å².